The molecule has 0 spiro atoms. The summed E-state index contributed by atoms with van der Waals surface area (Å²) < 4.78 is 2.31. The van der Waals surface area contributed by atoms with E-state index in [-0.39, 0.29) is 43.5 Å². The smallest absolute Gasteiger partial charge is 0.162 e. The fourth-order valence-electron chi connectivity index (χ4n) is 6.56. The number of hydrogen-bond donors (Lipinski definition) is 1. The molecule has 4 heterocycles. The maximum absolute atomic E-state index is 11.7. The summed E-state index contributed by atoms with van der Waals surface area (Å²) in [5.74, 6) is 0.547. The van der Waals surface area contributed by atoms with Crippen LogP contribution in [-0.4, -0.2) is 25.3 Å². The van der Waals surface area contributed by atoms with E-state index in [1.54, 1.807) is 0 Å². The van der Waals surface area contributed by atoms with Crippen molar-refractivity contribution in [1.82, 2.24) is 14.4 Å². The molecule has 0 aliphatic heterocycles. The van der Waals surface area contributed by atoms with Gasteiger partial charge in [0.25, 0.3) is 0 Å². The van der Waals surface area contributed by atoms with Crippen LogP contribution < -0.4 is 0 Å². The van der Waals surface area contributed by atoms with Crippen molar-refractivity contribution in [2.24, 2.45) is 11.8 Å². The van der Waals surface area contributed by atoms with Crippen LogP contribution in [0.15, 0.2) is 78.7 Å². The van der Waals surface area contributed by atoms with Gasteiger partial charge < -0.3 is 9.51 Å². The first-order valence-corrected chi connectivity index (χ1v) is 15.5. The molecule has 0 atom stereocenters. The number of benzene rings is 3. The van der Waals surface area contributed by atoms with Crippen LogP contribution in [0.3, 0.4) is 0 Å². The Balaban J connectivity index is 0.000000209. The number of carbonyl (C=O) groups excluding carboxylic acids is 1. The van der Waals surface area contributed by atoms with Gasteiger partial charge in [-0.2, -0.15) is 0 Å². The van der Waals surface area contributed by atoms with Gasteiger partial charge in [0.1, 0.15) is 5.65 Å². The number of hydrogen-bond acceptors (Lipinski definition) is 4. The molecule has 1 N–H and O–H groups in total. The minimum absolute atomic E-state index is 0. The SMILES string of the molecule is CCC(CC)C(=O)/C=C(\O)C(CC)CC.Cc1nc2c3cc4ccccc4[c-]c3c3nccc4c5ccccc5c1n2c43.[Ir]. The third-order valence-corrected chi connectivity index (χ3v) is 9.02. The number of imidazole rings is 1. The van der Waals surface area contributed by atoms with Crippen molar-refractivity contribution in [3.63, 3.8) is 0 Å². The minimum atomic E-state index is 0. The molecule has 6 heteroatoms. The number of pyridine rings is 3. The number of aryl methyl sites for hydroxylation is 1. The number of rotatable bonds is 7. The van der Waals surface area contributed by atoms with Crippen molar-refractivity contribution in [2.45, 2.75) is 60.3 Å². The van der Waals surface area contributed by atoms with Crippen LogP contribution in [0.5, 0.6) is 0 Å². The first-order chi connectivity index (χ1) is 20.9. The van der Waals surface area contributed by atoms with E-state index in [1.165, 1.54) is 33.1 Å². The molecule has 0 unspecified atom stereocenters. The predicted molar refractivity (Wildman–Crippen MR) is 179 cm³/mol. The topological polar surface area (TPSA) is 67.5 Å². The van der Waals surface area contributed by atoms with Gasteiger partial charge in [-0.25, -0.2) is 4.98 Å². The maximum atomic E-state index is 11.7. The molecule has 0 fully saturated rings. The van der Waals surface area contributed by atoms with Gasteiger partial charge >= 0.3 is 0 Å². The van der Waals surface area contributed by atoms with Gasteiger partial charge in [-0.15, -0.1) is 23.6 Å². The molecule has 1 radical (unpaired) electrons. The molecule has 0 bridgehead atoms. The van der Waals surface area contributed by atoms with Crippen molar-refractivity contribution in [3.8, 4) is 0 Å². The van der Waals surface area contributed by atoms with Crippen LogP contribution >= 0.6 is 0 Å². The summed E-state index contributed by atoms with van der Waals surface area (Å²) in [5, 5.41) is 17.9. The summed E-state index contributed by atoms with van der Waals surface area (Å²) in [6.45, 7) is 10.2. The molecule has 7 rings (SSSR count). The van der Waals surface area contributed by atoms with E-state index < -0.39 is 0 Å². The summed E-state index contributed by atoms with van der Waals surface area (Å²) in [7, 11) is 0. The molecule has 227 valence electrons. The average Bonchev–Trinajstić information content (AvgIpc) is 3.39. The third kappa shape index (κ3) is 5.25. The van der Waals surface area contributed by atoms with Gasteiger partial charge in [0.2, 0.25) is 0 Å². The van der Waals surface area contributed by atoms with E-state index in [0.29, 0.717) is 0 Å². The Morgan fingerprint density at radius 2 is 1.50 bits per heavy atom. The fourth-order valence-corrected chi connectivity index (χ4v) is 6.56. The summed E-state index contributed by atoms with van der Waals surface area (Å²) in [6, 6.07) is 24.9. The molecular formula is C38H38IrN3O2-. The van der Waals surface area contributed by atoms with Crippen molar-refractivity contribution < 1.29 is 30.0 Å². The molecule has 5 nitrogen and oxygen atoms in total. The van der Waals surface area contributed by atoms with Crippen molar-refractivity contribution in [3.05, 3.63) is 90.5 Å². The quantitative estimate of drug-likeness (QED) is 0.0578. The van der Waals surface area contributed by atoms with E-state index in [4.69, 9.17) is 9.97 Å². The number of allylic oxidation sites excluding steroid dienone is 2. The second-order valence-electron chi connectivity index (χ2n) is 11.4. The van der Waals surface area contributed by atoms with E-state index >= 15 is 0 Å². The van der Waals surface area contributed by atoms with Gasteiger partial charge in [0, 0.05) is 66.0 Å². The standard InChI is InChI=1S/C25H14N3.C13H24O2.Ir/c1-14-23-18-9-5-4-8-17(18)19-10-11-26-22-20-12-15-6-2-3-7-16(15)13-21(20)25(27-14)28(23)24(19)22;1-5-10(6-2)12(14)9-13(15)11(7-3)8-4;/h2-11,13H,1H3;9-11,14H,5-8H2,1-4H3;/q-1;;/b;12-9-;. The van der Waals surface area contributed by atoms with Crippen LogP contribution in [0, 0.1) is 24.8 Å². The second kappa shape index (κ2) is 13.0. The van der Waals surface area contributed by atoms with Crippen molar-refractivity contribution >= 4 is 65.7 Å². The average molecular weight is 761 g/mol. The Labute approximate surface area is 271 Å². The fraction of sp³-hybridized carbons (Fsp3) is 0.289. The van der Waals surface area contributed by atoms with Crippen LogP contribution in [0.1, 0.15) is 59.1 Å². The summed E-state index contributed by atoms with van der Waals surface area (Å²) in [5.41, 5.74) is 5.32. The number of aliphatic hydroxyl groups excluding tert-OH is 1. The maximum Gasteiger partial charge on any atom is 0.162 e. The number of carbonyl (C=O) groups is 1. The first kappa shape index (κ1) is 31.6. The number of fused-ring (bicyclic) bond motifs is 7. The Bertz CT molecular complexity index is 2140. The zero-order valence-electron chi connectivity index (χ0n) is 25.9. The molecule has 0 aliphatic carbocycles. The molecule has 0 amide bonds. The molecule has 4 aromatic heterocycles. The number of ketones is 1. The number of nitrogens with zero attached hydrogens (tertiary/aromatic N) is 3. The van der Waals surface area contributed by atoms with Crippen LogP contribution in [0.4, 0.5) is 0 Å². The second-order valence-corrected chi connectivity index (χ2v) is 11.4. The van der Waals surface area contributed by atoms with E-state index in [0.717, 1.165) is 64.2 Å². The van der Waals surface area contributed by atoms with Gasteiger partial charge in [0.05, 0.1) is 17.0 Å². The van der Waals surface area contributed by atoms with Gasteiger partial charge in [-0.3, -0.25) is 9.78 Å². The summed E-state index contributed by atoms with van der Waals surface area (Å²) in [6.07, 6.45) is 6.82. The third-order valence-electron chi connectivity index (χ3n) is 9.02. The number of aromatic nitrogens is 3. The zero-order valence-corrected chi connectivity index (χ0v) is 28.3. The van der Waals surface area contributed by atoms with Gasteiger partial charge in [0.15, 0.2) is 5.78 Å². The molecule has 0 aliphatic rings. The van der Waals surface area contributed by atoms with Gasteiger partial charge in [-0.05, 0) is 49.4 Å². The first-order valence-electron chi connectivity index (χ1n) is 15.5. The van der Waals surface area contributed by atoms with Gasteiger partial charge in [-0.1, -0.05) is 80.9 Å². The Morgan fingerprint density at radius 3 is 2.20 bits per heavy atom. The number of aliphatic hydroxyl groups is 1. The van der Waals surface area contributed by atoms with Crippen LogP contribution in [0.2, 0.25) is 0 Å². The molecule has 0 saturated heterocycles. The molecule has 3 aromatic carbocycles. The van der Waals surface area contributed by atoms with E-state index in [2.05, 4.69) is 78.1 Å². The van der Waals surface area contributed by atoms with Crippen LogP contribution in [0.25, 0.3) is 59.9 Å². The predicted octanol–water partition coefficient (Wildman–Crippen LogP) is 9.91. The molecule has 0 saturated carbocycles. The normalized spacial score (nSPS) is 12.2. The summed E-state index contributed by atoms with van der Waals surface area (Å²) in [4.78, 5) is 21.5. The molecule has 7 aromatic rings. The largest absolute Gasteiger partial charge is 0.512 e. The monoisotopic (exact) mass is 761 g/mol. The Morgan fingerprint density at radius 1 is 0.864 bits per heavy atom. The molecule has 44 heavy (non-hydrogen) atoms. The molecular weight excluding hydrogens is 723 g/mol. The zero-order chi connectivity index (χ0) is 30.2. The Kier molecular flexibility index (Phi) is 9.34. The van der Waals surface area contributed by atoms with E-state index in [1.807, 2.05) is 33.9 Å². The van der Waals surface area contributed by atoms with E-state index in [9.17, 15) is 9.90 Å². The van der Waals surface area contributed by atoms with Crippen LogP contribution in [-0.2, 0) is 24.9 Å². The Hall–Kier alpha value is -3.86. The van der Waals surface area contributed by atoms with Crippen molar-refractivity contribution in [1.29, 1.82) is 0 Å². The minimum Gasteiger partial charge on any atom is -0.512 e. The van der Waals surface area contributed by atoms with Crippen molar-refractivity contribution in [2.75, 3.05) is 0 Å². The summed E-state index contributed by atoms with van der Waals surface area (Å²) >= 11 is 0.